The van der Waals surface area contributed by atoms with Gasteiger partial charge in [-0.05, 0) is 19.3 Å². The minimum absolute atomic E-state index is 0.273. The summed E-state index contributed by atoms with van der Waals surface area (Å²) in [4.78, 5) is 24.5. The van der Waals surface area contributed by atoms with E-state index >= 15 is 0 Å². The molecule has 1 unspecified atom stereocenters. The summed E-state index contributed by atoms with van der Waals surface area (Å²) in [6.45, 7) is 4.48. The zero-order valence-electron chi connectivity index (χ0n) is 21.8. The predicted molar refractivity (Wildman–Crippen MR) is 137 cm³/mol. The molecule has 1 atom stereocenters. The lowest BCUT2D eigenvalue weighted by molar-refractivity contribution is -0.189. The number of aliphatic hydroxyl groups is 1. The van der Waals surface area contributed by atoms with Crippen molar-refractivity contribution in [1.29, 1.82) is 0 Å². The van der Waals surface area contributed by atoms with Gasteiger partial charge in [-0.25, -0.2) is 4.79 Å². The first kappa shape index (κ1) is 29.9. The Morgan fingerprint density at radius 2 is 1.09 bits per heavy atom. The van der Waals surface area contributed by atoms with Gasteiger partial charge >= 0.3 is 5.97 Å². The smallest absolute Gasteiger partial charge is 0.334 e. The molecule has 0 amide bonds. The Kier molecular flexibility index (Phi) is 17.4. The van der Waals surface area contributed by atoms with E-state index in [9.17, 15) is 14.7 Å². The molecule has 0 aromatic heterocycles. The van der Waals surface area contributed by atoms with Crippen molar-refractivity contribution in [3.8, 4) is 0 Å². The number of cyclic esters (lactones) is 1. The first-order valence-corrected chi connectivity index (χ1v) is 14.2. The number of unbranched alkanes of at least 4 members (excludes halogenated alkanes) is 18. The summed E-state index contributed by atoms with van der Waals surface area (Å²) < 4.78 is 5.08. The van der Waals surface area contributed by atoms with Gasteiger partial charge in [-0.1, -0.05) is 129 Å². The quantitative estimate of drug-likeness (QED) is 0.122. The van der Waals surface area contributed by atoms with Crippen LogP contribution in [-0.2, 0) is 14.3 Å². The molecule has 33 heavy (non-hydrogen) atoms. The molecule has 0 aliphatic carbocycles. The molecule has 0 fully saturated rings. The summed E-state index contributed by atoms with van der Waals surface area (Å²) in [5.74, 6) is -2.95. The van der Waals surface area contributed by atoms with Crippen molar-refractivity contribution in [1.82, 2.24) is 0 Å². The Morgan fingerprint density at radius 3 is 1.55 bits per heavy atom. The van der Waals surface area contributed by atoms with Crippen molar-refractivity contribution in [3.05, 3.63) is 11.6 Å². The van der Waals surface area contributed by atoms with E-state index in [0.717, 1.165) is 32.1 Å². The molecule has 1 heterocycles. The maximum atomic E-state index is 12.7. The molecule has 0 saturated carbocycles. The summed E-state index contributed by atoms with van der Waals surface area (Å²) in [6.07, 6.45) is 26.4. The SMILES string of the molecule is CCCCCCCCCCCCC(=O)C1(O)OC(=O)C=C1CCCCCCCCCCCC. The van der Waals surface area contributed by atoms with Gasteiger partial charge in [-0.15, -0.1) is 0 Å². The molecule has 0 spiro atoms. The van der Waals surface area contributed by atoms with Gasteiger partial charge in [0.2, 0.25) is 5.78 Å². The second-order valence-electron chi connectivity index (χ2n) is 10.0. The Hall–Kier alpha value is -1.16. The van der Waals surface area contributed by atoms with Crippen molar-refractivity contribution >= 4 is 11.8 Å². The highest BCUT2D eigenvalue weighted by atomic mass is 16.7. The third kappa shape index (κ3) is 13.3. The first-order chi connectivity index (χ1) is 16.0. The number of ether oxygens (including phenoxy) is 1. The second kappa shape index (κ2) is 19.2. The number of carbonyl (C=O) groups is 2. The molecule has 1 aliphatic heterocycles. The maximum Gasteiger partial charge on any atom is 0.334 e. The zero-order valence-corrected chi connectivity index (χ0v) is 21.8. The fourth-order valence-corrected chi connectivity index (χ4v) is 4.70. The van der Waals surface area contributed by atoms with E-state index in [1.54, 1.807) is 0 Å². The normalized spacial score (nSPS) is 17.9. The first-order valence-electron chi connectivity index (χ1n) is 14.2. The van der Waals surface area contributed by atoms with E-state index in [-0.39, 0.29) is 12.2 Å². The molecule has 1 N–H and O–H groups in total. The van der Waals surface area contributed by atoms with Crippen LogP contribution in [0.15, 0.2) is 11.6 Å². The van der Waals surface area contributed by atoms with Crippen LogP contribution in [0, 0.1) is 0 Å². The second-order valence-corrected chi connectivity index (χ2v) is 10.0. The number of carbonyl (C=O) groups excluding carboxylic acids is 2. The molecule has 0 saturated heterocycles. The van der Waals surface area contributed by atoms with Crippen molar-refractivity contribution in [3.63, 3.8) is 0 Å². The lowest BCUT2D eigenvalue weighted by Crippen LogP contribution is -2.41. The number of hydrogen-bond donors (Lipinski definition) is 1. The lowest BCUT2D eigenvalue weighted by atomic mass is 9.93. The largest absolute Gasteiger partial charge is 0.418 e. The average molecular weight is 465 g/mol. The molecule has 4 heteroatoms. The molecule has 1 aliphatic rings. The predicted octanol–water partition coefficient (Wildman–Crippen LogP) is 8.35. The van der Waals surface area contributed by atoms with Gasteiger partial charge in [0.1, 0.15) is 0 Å². The summed E-state index contributed by atoms with van der Waals surface area (Å²) >= 11 is 0. The molecule has 4 nitrogen and oxygen atoms in total. The molecular formula is C29H52O4. The van der Waals surface area contributed by atoms with Crippen LogP contribution in [-0.4, -0.2) is 22.6 Å². The molecule has 0 aromatic rings. The van der Waals surface area contributed by atoms with Crippen LogP contribution in [0.1, 0.15) is 155 Å². The number of rotatable bonds is 23. The van der Waals surface area contributed by atoms with Crippen LogP contribution in [0.3, 0.4) is 0 Å². The van der Waals surface area contributed by atoms with Gasteiger partial charge in [0, 0.05) is 18.1 Å². The van der Waals surface area contributed by atoms with E-state index in [1.165, 1.54) is 102 Å². The third-order valence-corrected chi connectivity index (χ3v) is 6.91. The molecule has 1 rings (SSSR count). The number of hydrogen-bond acceptors (Lipinski definition) is 4. The van der Waals surface area contributed by atoms with Gasteiger partial charge in [0.05, 0.1) is 0 Å². The van der Waals surface area contributed by atoms with Crippen molar-refractivity contribution in [2.24, 2.45) is 0 Å². The van der Waals surface area contributed by atoms with Crippen molar-refractivity contribution in [2.45, 2.75) is 161 Å². The van der Waals surface area contributed by atoms with Crippen LogP contribution in [0.4, 0.5) is 0 Å². The van der Waals surface area contributed by atoms with E-state index in [0.29, 0.717) is 12.0 Å². The number of ketones is 1. The molecule has 192 valence electrons. The van der Waals surface area contributed by atoms with E-state index in [2.05, 4.69) is 13.8 Å². The topological polar surface area (TPSA) is 63.6 Å². The summed E-state index contributed by atoms with van der Waals surface area (Å²) in [5.41, 5.74) is 0.462. The van der Waals surface area contributed by atoms with Crippen LogP contribution in [0.2, 0.25) is 0 Å². The molecule has 0 bridgehead atoms. The van der Waals surface area contributed by atoms with Crippen LogP contribution >= 0.6 is 0 Å². The fourth-order valence-electron chi connectivity index (χ4n) is 4.70. The molecule has 0 aromatic carbocycles. The summed E-state index contributed by atoms with van der Waals surface area (Å²) in [6, 6.07) is 0. The van der Waals surface area contributed by atoms with E-state index in [1.807, 2.05) is 0 Å². The van der Waals surface area contributed by atoms with Crippen molar-refractivity contribution < 1.29 is 19.4 Å². The Morgan fingerprint density at radius 1 is 0.697 bits per heavy atom. The van der Waals surface area contributed by atoms with Gasteiger partial charge < -0.3 is 9.84 Å². The number of Topliss-reactive ketones (excluding diaryl/α,β-unsaturated/α-hetero) is 1. The number of esters is 1. The standard InChI is InChI=1S/C29H52O4/c1-3-5-7-9-11-13-15-17-19-21-23-26-25-28(31)33-29(26,32)27(30)24-22-20-18-16-14-12-10-8-6-4-2/h25,32H,3-24H2,1-2H3. The average Bonchev–Trinajstić information content (AvgIpc) is 3.10. The van der Waals surface area contributed by atoms with Gasteiger partial charge in [0.25, 0.3) is 5.79 Å². The lowest BCUT2D eigenvalue weighted by Gasteiger charge is -2.23. The van der Waals surface area contributed by atoms with E-state index < -0.39 is 11.8 Å². The van der Waals surface area contributed by atoms with Gasteiger partial charge in [0.15, 0.2) is 0 Å². The van der Waals surface area contributed by atoms with Crippen LogP contribution < -0.4 is 0 Å². The van der Waals surface area contributed by atoms with Gasteiger partial charge in [-0.3, -0.25) is 4.79 Å². The highest BCUT2D eigenvalue weighted by molar-refractivity contribution is 5.98. The van der Waals surface area contributed by atoms with E-state index in [4.69, 9.17) is 4.74 Å². The van der Waals surface area contributed by atoms with Crippen molar-refractivity contribution in [2.75, 3.05) is 0 Å². The highest BCUT2D eigenvalue weighted by Gasteiger charge is 2.46. The zero-order chi connectivity index (χ0) is 24.2. The molecular weight excluding hydrogens is 412 g/mol. The Bertz CT molecular complexity index is 554. The van der Waals surface area contributed by atoms with Crippen LogP contribution in [0.25, 0.3) is 0 Å². The van der Waals surface area contributed by atoms with Gasteiger partial charge in [-0.2, -0.15) is 0 Å². The minimum Gasteiger partial charge on any atom is -0.418 e. The summed E-state index contributed by atoms with van der Waals surface area (Å²) in [7, 11) is 0. The maximum absolute atomic E-state index is 12.7. The Balaban J connectivity index is 2.16. The Labute approximate surface area is 203 Å². The monoisotopic (exact) mass is 464 g/mol. The molecule has 0 radical (unpaired) electrons. The highest BCUT2D eigenvalue weighted by Crippen LogP contribution is 2.32. The minimum atomic E-state index is -2.00. The fraction of sp³-hybridized carbons (Fsp3) is 0.862. The third-order valence-electron chi connectivity index (χ3n) is 6.91. The summed E-state index contributed by atoms with van der Waals surface area (Å²) in [5, 5.41) is 10.8. The van der Waals surface area contributed by atoms with Crippen LogP contribution in [0.5, 0.6) is 0 Å².